The average molecular weight is 456 g/mol. The number of anilines is 1. The molecule has 11 heteroatoms. The Balaban J connectivity index is 1.67. The first-order valence-electron chi connectivity index (χ1n) is 9.81. The SMILES string of the molecule is Cc1n[nH]c(C)c1NC(=O)c1ccc(Oc2ccc(C(F)(F)F)cc2)c(-c2ccn(C)n2)n1. The third-order valence-electron chi connectivity index (χ3n) is 4.82. The van der Waals surface area contributed by atoms with Crippen LogP contribution in [0.4, 0.5) is 18.9 Å². The van der Waals surface area contributed by atoms with E-state index in [9.17, 15) is 18.0 Å². The van der Waals surface area contributed by atoms with Gasteiger partial charge in [0, 0.05) is 13.2 Å². The molecule has 33 heavy (non-hydrogen) atoms. The third-order valence-corrected chi connectivity index (χ3v) is 4.82. The van der Waals surface area contributed by atoms with E-state index in [-0.39, 0.29) is 22.9 Å². The second kappa shape index (κ2) is 8.41. The number of aromatic nitrogens is 5. The monoisotopic (exact) mass is 456 g/mol. The van der Waals surface area contributed by atoms with Crippen LogP contribution in [0.2, 0.25) is 0 Å². The number of amides is 1. The molecule has 1 amide bonds. The molecule has 0 aliphatic rings. The quantitative estimate of drug-likeness (QED) is 0.446. The molecule has 0 saturated carbocycles. The number of ether oxygens (including phenoxy) is 1. The summed E-state index contributed by atoms with van der Waals surface area (Å²) in [5, 5.41) is 13.9. The van der Waals surface area contributed by atoms with Gasteiger partial charge in [-0.15, -0.1) is 0 Å². The summed E-state index contributed by atoms with van der Waals surface area (Å²) < 4.78 is 45.9. The molecule has 0 unspecified atom stereocenters. The molecule has 3 heterocycles. The van der Waals surface area contributed by atoms with Crippen LogP contribution in [-0.2, 0) is 13.2 Å². The summed E-state index contributed by atoms with van der Waals surface area (Å²) in [4.78, 5) is 17.2. The minimum Gasteiger partial charge on any atom is -0.455 e. The number of pyridine rings is 1. The molecule has 170 valence electrons. The zero-order valence-electron chi connectivity index (χ0n) is 17.9. The van der Waals surface area contributed by atoms with Gasteiger partial charge in [-0.2, -0.15) is 23.4 Å². The topological polar surface area (TPSA) is 97.7 Å². The Kier molecular flexibility index (Phi) is 5.62. The predicted octanol–water partition coefficient (Wildman–Crippen LogP) is 4.89. The van der Waals surface area contributed by atoms with Crippen molar-refractivity contribution < 1.29 is 22.7 Å². The Labute approximate surface area is 186 Å². The van der Waals surface area contributed by atoms with Crippen molar-refractivity contribution in [1.29, 1.82) is 0 Å². The number of nitrogens with one attached hydrogen (secondary N) is 2. The molecular formula is C22H19F3N6O2. The van der Waals surface area contributed by atoms with Crippen LogP contribution in [0.25, 0.3) is 11.4 Å². The zero-order chi connectivity index (χ0) is 23.8. The van der Waals surface area contributed by atoms with E-state index >= 15 is 0 Å². The van der Waals surface area contributed by atoms with E-state index in [0.717, 1.165) is 12.1 Å². The van der Waals surface area contributed by atoms with Crippen LogP contribution in [0, 0.1) is 13.8 Å². The molecule has 0 aliphatic heterocycles. The van der Waals surface area contributed by atoms with E-state index < -0.39 is 17.6 Å². The van der Waals surface area contributed by atoms with Crippen LogP contribution >= 0.6 is 0 Å². The number of hydrogen-bond donors (Lipinski definition) is 2. The van der Waals surface area contributed by atoms with Gasteiger partial charge in [-0.3, -0.25) is 14.6 Å². The fourth-order valence-corrected chi connectivity index (χ4v) is 3.13. The number of aromatic amines is 1. The van der Waals surface area contributed by atoms with Crippen LogP contribution in [-0.4, -0.2) is 30.9 Å². The Morgan fingerprint density at radius 2 is 1.82 bits per heavy atom. The lowest BCUT2D eigenvalue weighted by atomic mass is 10.2. The average Bonchev–Trinajstić information content (AvgIpc) is 3.34. The number of carbonyl (C=O) groups is 1. The minimum atomic E-state index is -4.44. The minimum absolute atomic E-state index is 0.107. The molecule has 1 aromatic carbocycles. The highest BCUT2D eigenvalue weighted by atomic mass is 19.4. The maximum atomic E-state index is 12.8. The summed E-state index contributed by atoms with van der Waals surface area (Å²) >= 11 is 0. The summed E-state index contributed by atoms with van der Waals surface area (Å²) in [6.07, 6.45) is -2.75. The molecule has 0 bridgehead atoms. The highest BCUT2D eigenvalue weighted by molar-refractivity contribution is 6.04. The lowest BCUT2D eigenvalue weighted by Gasteiger charge is -2.12. The second-order valence-electron chi connectivity index (χ2n) is 7.31. The van der Waals surface area contributed by atoms with E-state index in [0.29, 0.717) is 22.8 Å². The standard InChI is InChI=1S/C22H19F3N6O2/c1-12-19(13(2)29-28-12)27-21(32)17-8-9-18(20(26-17)16-10-11-31(3)30-16)33-15-6-4-14(5-7-15)22(23,24)25/h4-11H,1-3H3,(H,27,32)(H,28,29). The molecular weight excluding hydrogens is 437 g/mol. The number of alkyl halides is 3. The maximum absolute atomic E-state index is 12.8. The first-order chi connectivity index (χ1) is 15.6. The van der Waals surface area contributed by atoms with Gasteiger partial charge in [0.15, 0.2) is 5.75 Å². The summed E-state index contributed by atoms with van der Waals surface area (Å²) in [5.41, 5.74) is 1.92. The zero-order valence-corrected chi connectivity index (χ0v) is 17.9. The number of hydrogen-bond acceptors (Lipinski definition) is 5. The van der Waals surface area contributed by atoms with Crippen LogP contribution in [0.1, 0.15) is 27.4 Å². The van der Waals surface area contributed by atoms with Crippen molar-refractivity contribution in [2.24, 2.45) is 7.05 Å². The van der Waals surface area contributed by atoms with Gasteiger partial charge in [0.05, 0.1) is 22.6 Å². The predicted molar refractivity (Wildman–Crippen MR) is 114 cm³/mol. The van der Waals surface area contributed by atoms with Crippen molar-refractivity contribution in [3.05, 3.63) is 71.3 Å². The molecule has 0 radical (unpaired) electrons. The smallest absolute Gasteiger partial charge is 0.416 e. The van der Waals surface area contributed by atoms with Gasteiger partial charge in [0.2, 0.25) is 0 Å². The number of nitrogens with zero attached hydrogens (tertiary/aromatic N) is 4. The molecule has 0 spiro atoms. The number of carbonyl (C=O) groups excluding carboxylic acids is 1. The highest BCUT2D eigenvalue weighted by Gasteiger charge is 2.30. The molecule has 4 rings (SSSR count). The lowest BCUT2D eigenvalue weighted by Crippen LogP contribution is -2.15. The Morgan fingerprint density at radius 3 is 2.39 bits per heavy atom. The molecule has 2 N–H and O–H groups in total. The maximum Gasteiger partial charge on any atom is 0.416 e. The van der Waals surface area contributed by atoms with E-state index in [2.05, 4.69) is 25.6 Å². The molecule has 0 fully saturated rings. The van der Waals surface area contributed by atoms with Crippen LogP contribution < -0.4 is 10.1 Å². The number of aryl methyl sites for hydroxylation is 3. The summed E-state index contributed by atoms with van der Waals surface area (Å²) in [6, 6.07) is 8.98. The fourth-order valence-electron chi connectivity index (χ4n) is 3.13. The van der Waals surface area contributed by atoms with Gasteiger partial charge >= 0.3 is 6.18 Å². The lowest BCUT2D eigenvalue weighted by molar-refractivity contribution is -0.137. The summed E-state index contributed by atoms with van der Waals surface area (Å²) in [7, 11) is 1.72. The van der Waals surface area contributed by atoms with E-state index in [4.69, 9.17) is 4.74 Å². The summed E-state index contributed by atoms with van der Waals surface area (Å²) in [5.74, 6) is -0.0367. The van der Waals surface area contributed by atoms with Crippen molar-refractivity contribution in [2.75, 3.05) is 5.32 Å². The molecule has 8 nitrogen and oxygen atoms in total. The van der Waals surface area contributed by atoms with Crippen LogP contribution in [0.15, 0.2) is 48.7 Å². The van der Waals surface area contributed by atoms with Crippen molar-refractivity contribution in [1.82, 2.24) is 25.0 Å². The number of rotatable bonds is 5. The van der Waals surface area contributed by atoms with Gasteiger partial charge in [0.1, 0.15) is 22.8 Å². The van der Waals surface area contributed by atoms with Gasteiger partial charge in [-0.25, -0.2) is 4.98 Å². The Bertz CT molecular complexity index is 1290. The highest BCUT2D eigenvalue weighted by Crippen LogP contribution is 2.34. The van der Waals surface area contributed by atoms with Crippen molar-refractivity contribution in [3.8, 4) is 22.9 Å². The molecule has 0 aliphatic carbocycles. The third kappa shape index (κ3) is 4.71. The fraction of sp³-hybridized carbons (Fsp3) is 0.182. The van der Waals surface area contributed by atoms with Crippen LogP contribution in [0.3, 0.4) is 0 Å². The molecule has 3 aromatic heterocycles. The van der Waals surface area contributed by atoms with Crippen molar-refractivity contribution in [2.45, 2.75) is 20.0 Å². The van der Waals surface area contributed by atoms with E-state index in [1.807, 2.05) is 0 Å². The Hall–Kier alpha value is -4.15. The van der Waals surface area contributed by atoms with E-state index in [1.165, 1.54) is 24.3 Å². The van der Waals surface area contributed by atoms with Gasteiger partial charge in [-0.1, -0.05) is 0 Å². The molecule has 0 saturated heterocycles. The largest absolute Gasteiger partial charge is 0.455 e. The van der Waals surface area contributed by atoms with Crippen LogP contribution in [0.5, 0.6) is 11.5 Å². The van der Waals surface area contributed by atoms with Gasteiger partial charge in [0.25, 0.3) is 5.91 Å². The Morgan fingerprint density at radius 1 is 1.09 bits per heavy atom. The normalized spacial score (nSPS) is 11.5. The van der Waals surface area contributed by atoms with Gasteiger partial charge in [-0.05, 0) is 56.3 Å². The second-order valence-corrected chi connectivity index (χ2v) is 7.31. The van der Waals surface area contributed by atoms with Crippen molar-refractivity contribution in [3.63, 3.8) is 0 Å². The number of benzene rings is 1. The number of H-pyrrole nitrogens is 1. The van der Waals surface area contributed by atoms with Gasteiger partial charge < -0.3 is 10.1 Å². The summed E-state index contributed by atoms with van der Waals surface area (Å²) in [6.45, 7) is 3.54. The van der Waals surface area contributed by atoms with Crippen molar-refractivity contribution >= 4 is 11.6 Å². The van der Waals surface area contributed by atoms with E-state index in [1.54, 1.807) is 37.8 Å². The first kappa shape index (κ1) is 22.1. The number of halogens is 3. The molecule has 0 atom stereocenters. The first-order valence-corrected chi connectivity index (χ1v) is 9.81. The molecule has 4 aromatic rings.